The van der Waals surface area contributed by atoms with Crippen LogP contribution in [-0.4, -0.2) is 18.5 Å². The summed E-state index contributed by atoms with van der Waals surface area (Å²) in [5.41, 5.74) is -0.781. The predicted molar refractivity (Wildman–Crippen MR) is 62.5 cm³/mol. The molecule has 1 heterocycles. The predicted octanol–water partition coefficient (Wildman–Crippen LogP) is 4.05. The molecule has 0 N–H and O–H groups in total. The van der Waals surface area contributed by atoms with Crippen molar-refractivity contribution in [2.75, 3.05) is 18.0 Å². The Kier molecular flexibility index (Phi) is 3.71. The zero-order valence-electron chi connectivity index (χ0n) is 9.47. The maximum absolute atomic E-state index is 13.7. The zero-order chi connectivity index (χ0) is 13.3. The summed E-state index contributed by atoms with van der Waals surface area (Å²) in [6, 6.07) is 2.61. The maximum Gasteiger partial charge on any atom is 0.416 e. The van der Waals surface area contributed by atoms with Gasteiger partial charge in [0, 0.05) is 13.1 Å². The van der Waals surface area contributed by atoms with Crippen LogP contribution in [0.3, 0.4) is 0 Å². The number of hydrogen-bond acceptors (Lipinski definition) is 1. The summed E-state index contributed by atoms with van der Waals surface area (Å²) >= 11 is 5.97. The molecule has 1 aromatic carbocycles. The first-order valence-electron chi connectivity index (χ1n) is 5.63. The Hall–Kier alpha value is -0.970. The largest absolute Gasteiger partial charge is 0.416 e. The van der Waals surface area contributed by atoms with E-state index in [9.17, 15) is 17.6 Å². The molecular formula is C12H12ClF4N. The van der Waals surface area contributed by atoms with Crippen molar-refractivity contribution in [2.45, 2.75) is 24.4 Å². The second-order valence-electron chi connectivity index (χ2n) is 4.35. The van der Waals surface area contributed by atoms with Crippen LogP contribution in [-0.2, 0) is 6.18 Å². The van der Waals surface area contributed by atoms with E-state index >= 15 is 0 Å². The molecule has 0 radical (unpaired) electrons. The molecule has 1 atom stereocenters. The number of nitrogens with zero attached hydrogens (tertiary/aromatic N) is 1. The third-order valence-electron chi connectivity index (χ3n) is 2.98. The SMILES string of the molecule is Fc1cc(C(F)(F)F)ccc1N1CCCC(Cl)C1. The van der Waals surface area contributed by atoms with Crippen LogP contribution < -0.4 is 4.90 Å². The number of hydrogen-bond donors (Lipinski definition) is 0. The molecule has 1 aromatic rings. The average Bonchev–Trinajstić information content (AvgIpc) is 2.27. The molecule has 1 aliphatic heterocycles. The summed E-state index contributed by atoms with van der Waals surface area (Å²) in [5.74, 6) is -0.851. The Morgan fingerprint density at radius 3 is 2.56 bits per heavy atom. The first kappa shape index (κ1) is 13.5. The third kappa shape index (κ3) is 2.88. The summed E-state index contributed by atoms with van der Waals surface area (Å²) in [6.07, 6.45) is -2.86. The molecule has 1 nitrogen and oxygen atoms in total. The van der Waals surface area contributed by atoms with Gasteiger partial charge >= 0.3 is 6.18 Å². The van der Waals surface area contributed by atoms with Crippen LogP contribution in [0.1, 0.15) is 18.4 Å². The van der Waals surface area contributed by atoms with Gasteiger partial charge in [-0.2, -0.15) is 13.2 Å². The van der Waals surface area contributed by atoms with E-state index in [0.29, 0.717) is 19.2 Å². The molecule has 18 heavy (non-hydrogen) atoms. The van der Waals surface area contributed by atoms with Crippen molar-refractivity contribution in [2.24, 2.45) is 0 Å². The van der Waals surface area contributed by atoms with Gasteiger partial charge in [-0.25, -0.2) is 4.39 Å². The minimum Gasteiger partial charge on any atom is -0.368 e. The van der Waals surface area contributed by atoms with E-state index < -0.39 is 17.6 Å². The number of piperidine rings is 1. The Balaban J connectivity index is 2.24. The maximum atomic E-state index is 13.7. The highest BCUT2D eigenvalue weighted by atomic mass is 35.5. The van der Waals surface area contributed by atoms with Crippen LogP contribution >= 0.6 is 11.6 Å². The average molecular weight is 282 g/mol. The summed E-state index contributed by atoms with van der Waals surface area (Å²) in [6.45, 7) is 1.08. The van der Waals surface area contributed by atoms with Crippen LogP contribution in [0.2, 0.25) is 0 Å². The van der Waals surface area contributed by atoms with E-state index in [1.54, 1.807) is 4.90 Å². The number of anilines is 1. The van der Waals surface area contributed by atoms with Crippen molar-refractivity contribution in [1.82, 2.24) is 0 Å². The topological polar surface area (TPSA) is 3.24 Å². The molecular weight excluding hydrogens is 270 g/mol. The van der Waals surface area contributed by atoms with E-state index in [0.717, 1.165) is 18.9 Å². The highest BCUT2D eigenvalue weighted by molar-refractivity contribution is 6.21. The Bertz CT molecular complexity index is 433. The molecule has 100 valence electrons. The van der Waals surface area contributed by atoms with Gasteiger partial charge in [0.15, 0.2) is 0 Å². The van der Waals surface area contributed by atoms with Gasteiger partial charge in [0.1, 0.15) is 5.82 Å². The Morgan fingerprint density at radius 2 is 2.00 bits per heavy atom. The van der Waals surface area contributed by atoms with Crippen molar-refractivity contribution < 1.29 is 17.6 Å². The lowest BCUT2D eigenvalue weighted by molar-refractivity contribution is -0.137. The number of halogens is 5. The molecule has 1 unspecified atom stereocenters. The standard InChI is InChI=1S/C12H12ClF4N/c13-9-2-1-5-18(7-9)11-4-3-8(6-10(11)14)12(15,16)17/h3-4,6,9H,1-2,5,7H2. The van der Waals surface area contributed by atoms with E-state index in [1.165, 1.54) is 6.07 Å². The molecule has 1 fully saturated rings. The van der Waals surface area contributed by atoms with Gasteiger partial charge in [-0.05, 0) is 31.0 Å². The smallest absolute Gasteiger partial charge is 0.368 e. The number of rotatable bonds is 1. The lowest BCUT2D eigenvalue weighted by Gasteiger charge is -2.32. The lowest BCUT2D eigenvalue weighted by Crippen LogP contribution is -2.36. The molecule has 0 aliphatic carbocycles. The summed E-state index contributed by atoms with van der Waals surface area (Å²) in [7, 11) is 0. The minimum atomic E-state index is -4.52. The van der Waals surface area contributed by atoms with Gasteiger partial charge in [0.25, 0.3) is 0 Å². The number of benzene rings is 1. The van der Waals surface area contributed by atoms with Gasteiger partial charge in [0.05, 0.1) is 16.6 Å². The summed E-state index contributed by atoms with van der Waals surface area (Å²) in [4.78, 5) is 1.69. The quantitative estimate of drug-likeness (QED) is 0.554. The third-order valence-corrected chi connectivity index (χ3v) is 3.34. The van der Waals surface area contributed by atoms with Gasteiger partial charge in [-0.15, -0.1) is 11.6 Å². The normalized spacial score (nSPS) is 21.2. The fraction of sp³-hybridized carbons (Fsp3) is 0.500. The highest BCUT2D eigenvalue weighted by Gasteiger charge is 2.32. The van der Waals surface area contributed by atoms with Crippen molar-refractivity contribution >= 4 is 17.3 Å². The molecule has 0 saturated carbocycles. The zero-order valence-corrected chi connectivity index (χ0v) is 10.2. The van der Waals surface area contributed by atoms with Crippen LogP contribution in [0.4, 0.5) is 23.2 Å². The Morgan fingerprint density at radius 1 is 1.28 bits per heavy atom. The van der Waals surface area contributed by atoms with Crippen LogP contribution in [0, 0.1) is 5.82 Å². The highest BCUT2D eigenvalue weighted by Crippen LogP contribution is 2.33. The van der Waals surface area contributed by atoms with Gasteiger partial charge < -0.3 is 4.90 Å². The lowest BCUT2D eigenvalue weighted by atomic mass is 10.1. The molecule has 0 amide bonds. The number of alkyl halides is 4. The van der Waals surface area contributed by atoms with Crippen LogP contribution in [0.15, 0.2) is 18.2 Å². The van der Waals surface area contributed by atoms with E-state index in [4.69, 9.17) is 11.6 Å². The molecule has 0 bridgehead atoms. The monoisotopic (exact) mass is 281 g/mol. The molecule has 1 aliphatic rings. The van der Waals surface area contributed by atoms with E-state index in [-0.39, 0.29) is 11.1 Å². The molecule has 2 rings (SSSR count). The fourth-order valence-electron chi connectivity index (χ4n) is 2.08. The fourth-order valence-corrected chi connectivity index (χ4v) is 2.40. The minimum absolute atomic E-state index is 0.0829. The van der Waals surface area contributed by atoms with Gasteiger partial charge in [0.2, 0.25) is 0 Å². The van der Waals surface area contributed by atoms with E-state index in [1.807, 2.05) is 0 Å². The van der Waals surface area contributed by atoms with Crippen LogP contribution in [0.25, 0.3) is 0 Å². The molecule has 0 aromatic heterocycles. The summed E-state index contributed by atoms with van der Waals surface area (Å²) in [5, 5.41) is -0.0829. The second-order valence-corrected chi connectivity index (χ2v) is 4.97. The van der Waals surface area contributed by atoms with Crippen molar-refractivity contribution in [1.29, 1.82) is 0 Å². The van der Waals surface area contributed by atoms with Crippen molar-refractivity contribution in [3.05, 3.63) is 29.6 Å². The summed E-state index contributed by atoms with van der Waals surface area (Å²) < 4.78 is 50.9. The van der Waals surface area contributed by atoms with Crippen molar-refractivity contribution in [3.8, 4) is 0 Å². The van der Waals surface area contributed by atoms with Gasteiger partial charge in [-0.1, -0.05) is 0 Å². The first-order valence-corrected chi connectivity index (χ1v) is 6.07. The first-order chi connectivity index (χ1) is 8.38. The van der Waals surface area contributed by atoms with Crippen LogP contribution in [0.5, 0.6) is 0 Å². The second kappa shape index (κ2) is 4.96. The molecule has 0 spiro atoms. The molecule has 1 saturated heterocycles. The Labute approximate surface area is 107 Å². The van der Waals surface area contributed by atoms with Crippen molar-refractivity contribution in [3.63, 3.8) is 0 Å². The van der Waals surface area contributed by atoms with Gasteiger partial charge in [-0.3, -0.25) is 0 Å². The molecule has 6 heteroatoms. The van der Waals surface area contributed by atoms with E-state index in [2.05, 4.69) is 0 Å².